The van der Waals surface area contributed by atoms with Crippen LogP contribution in [0.15, 0.2) is 4.99 Å². The van der Waals surface area contributed by atoms with Crippen LogP contribution in [-0.2, 0) is 14.8 Å². The molecule has 0 unspecified atom stereocenters. The summed E-state index contributed by atoms with van der Waals surface area (Å²) in [6.45, 7) is 7.23. The first-order valence-electron chi connectivity index (χ1n) is 6.82. The van der Waals surface area contributed by atoms with Gasteiger partial charge in [-0.2, -0.15) is 0 Å². The second-order valence-electron chi connectivity index (χ2n) is 5.88. The highest BCUT2D eigenvalue weighted by Crippen LogP contribution is 2.10. The minimum Gasteiger partial charge on any atom is -0.444 e. The van der Waals surface area contributed by atoms with Crippen molar-refractivity contribution in [2.75, 3.05) is 31.9 Å². The van der Waals surface area contributed by atoms with Gasteiger partial charge in [-0.3, -0.25) is 9.89 Å². The van der Waals surface area contributed by atoms with Gasteiger partial charge in [-0.25, -0.2) is 18.4 Å². The first-order chi connectivity index (χ1) is 9.57. The molecule has 3 N–H and O–H groups in total. The number of nitrogens with two attached hydrogens (primary N) is 1. The Hall–Kier alpha value is -1.35. The molecule has 122 valence electrons. The lowest BCUT2D eigenvalue weighted by molar-refractivity contribution is 0.0276. The average molecular weight is 320 g/mol. The third-order valence-corrected chi connectivity index (χ3v) is 3.46. The molecule has 1 rings (SSSR count). The van der Waals surface area contributed by atoms with Gasteiger partial charge in [0.2, 0.25) is 10.0 Å². The molecule has 0 aromatic rings. The normalized spacial score (nSPS) is 16.4. The number of hydrogen-bond acceptors (Lipinski definition) is 6. The Bertz CT molecular complexity index is 496. The molecule has 0 atom stereocenters. The molecule has 1 aliphatic rings. The maximum absolute atomic E-state index is 11.9. The highest BCUT2D eigenvalue weighted by molar-refractivity contribution is 7.89. The maximum Gasteiger partial charge on any atom is 0.410 e. The lowest BCUT2D eigenvalue weighted by Crippen LogP contribution is -2.47. The third kappa shape index (κ3) is 7.86. The Morgan fingerprint density at radius 3 is 2.71 bits per heavy atom. The molecule has 0 aromatic heterocycles. The van der Waals surface area contributed by atoms with Crippen molar-refractivity contribution in [1.29, 1.82) is 0 Å². The molecular weight excluding hydrogens is 296 g/mol. The van der Waals surface area contributed by atoms with Crippen LogP contribution in [0.2, 0.25) is 0 Å². The smallest absolute Gasteiger partial charge is 0.410 e. The number of carbonyl (C=O) groups excluding carboxylic acids is 1. The lowest BCUT2D eigenvalue weighted by atomic mass is 10.2. The van der Waals surface area contributed by atoms with Crippen LogP contribution in [0.25, 0.3) is 0 Å². The van der Waals surface area contributed by atoms with Gasteiger partial charge >= 0.3 is 6.09 Å². The molecule has 8 nitrogen and oxygen atoms in total. The van der Waals surface area contributed by atoms with Gasteiger partial charge in [0.15, 0.2) is 0 Å². The van der Waals surface area contributed by atoms with Crippen LogP contribution in [0, 0.1) is 0 Å². The summed E-state index contributed by atoms with van der Waals surface area (Å²) in [5, 5.41) is 7.94. The molecule has 0 aliphatic carbocycles. The number of ether oxygens (including phenoxy) is 1. The average Bonchev–Trinajstić information content (AvgIpc) is 2.32. The SMILES string of the molecule is CC(C)(C)OC(=O)N1CCN=C(NCCCS(N)(=O)=O)C1. The van der Waals surface area contributed by atoms with Gasteiger partial charge in [0.05, 0.1) is 18.8 Å². The standard InChI is InChI=1S/C12H24N4O4S/c1-12(2,3)20-11(17)16-7-6-15-10(9-16)14-5-4-8-21(13,18)19/h4-9H2,1-3H3,(H,14,15)(H2,13,18,19). The van der Waals surface area contributed by atoms with Crippen LogP contribution in [-0.4, -0.2) is 62.8 Å². The topological polar surface area (TPSA) is 114 Å². The van der Waals surface area contributed by atoms with E-state index in [4.69, 9.17) is 9.88 Å². The zero-order valence-corrected chi connectivity index (χ0v) is 13.6. The van der Waals surface area contributed by atoms with E-state index in [0.717, 1.165) is 0 Å². The van der Waals surface area contributed by atoms with Crippen LogP contribution in [0.5, 0.6) is 0 Å². The summed E-state index contributed by atoms with van der Waals surface area (Å²) < 4.78 is 26.9. The molecule has 0 fully saturated rings. The number of nitrogens with zero attached hydrogens (tertiary/aromatic N) is 2. The fraction of sp³-hybridized carbons (Fsp3) is 0.833. The van der Waals surface area contributed by atoms with Crippen molar-refractivity contribution in [2.45, 2.75) is 32.8 Å². The first-order valence-corrected chi connectivity index (χ1v) is 8.54. The molecule has 0 saturated carbocycles. The van der Waals surface area contributed by atoms with Gasteiger partial charge in [-0.1, -0.05) is 0 Å². The Labute approximate surface area is 125 Å². The van der Waals surface area contributed by atoms with Gasteiger partial charge in [0, 0.05) is 13.1 Å². The third-order valence-electron chi connectivity index (χ3n) is 2.60. The van der Waals surface area contributed by atoms with Gasteiger partial charge < -0.3 is 10.1 Å². The van der Waals surface area contributed by atoms with Crippen LogP contribution in [0.3, 0.4) is 0 Å². The second-order valence-corrected chi connectivity index (χ2v) is 7.61. The first kappa shape index (κ1) is 17.7. The molecule has 0 spiro atoms. The van der Waals surface area contributed by atoms with E-state index in [-0.39, 0.29) is 11.8 Å². The van der Waals surface area contributed by atoms with E-state index < -0.39 is 15.6 Å². The minimum atomic E-state index is -3.44. The number of amides is 1. The molecule has 0 bridgehead atoms. The number of rotatable bonds is 4. The van der Waals surface area contributed by atoms with Crippen LogP contribution in [0.1, 0.15) is 27.2 Å². The fourth-order valence-corrected chi connectivity index (χ4v) is 2.26. The molecule has 21 heavy (non-hydrogen) atoms. The molecule has 9 heteroatoms. The molecular formula is C12H24N4O4S. The summed E-state index contributed by atoms with van der Waals surface area (Å²) in [6.07, 6.45) is 0.0193. The molecule has 1 aliphatic heterocycles. The molecule has 0 saturated heterocycles. The van der Waals surface area contributed by atoms with Crippen molar-refractivity contribution in [1.82, 2.24) is 10.2 Å². The number of nitrogens with one attached hydrogen (secondary N) is 1. The number of sulfonamides is 1. The van der Waals surface area contributed by atoms with Crippen LogP contribution < -0.4 is 10.5 Å². The molecule has 1 heterocycles. The number of primary sulfonamides is 1. The Morgan fingerprint density at radius 2 is 2.14 bits per heavy atom. The molecule has 0 radical (unpaired) electrons. The lowest BCUT2D eigenvalue weighted by Gasteiger charge is -2.29. The van der Waals surface area contributed by atoms with Gasteiger partial charge in [0.1, 0.15) is 11.4 Å². The zero-order chi connectivity index (χ0) is 16.1. The van der Waals surface area contributed by atoms with E-state index in [1.807, 2.05) is 20.8 Å². The monoisotopic (exact) mass is 320 g/mol. The van der Waals surface area contributed by atoms with Crippen molar-refractivity contribution in [3.63, 3.8) is 0 Å². The van der Waals surface area contributed by atoms with Crippen LogP contribution >= 0.6 is 0 Å². The highest BCUT2D eigenvalue weighted by Gasteiger charge is 2.24. The van der Waals surface area contributed by atoms with E-state index in [0.29, 0.717) is 38.4 Å². The summed E-state index contributed by atoms with van der Waals surface area (Å²) in [5.41, 5.74) is -0.533. The molecule has 1 amide bonds. The van der Waals surface area contributed by atoms with Crippen LogP contribution in [0.4, 0.5) is 4.79 Å². The Balaban J connectivity index is 2.38. The van der Waals surface area contributed by atoms with Crippen molar-refractivity contribution in [3.05, 3.63) is 0 Å². The zero-order valence-electron chi connectivity index (χ0n) is 12.8. The molecule has 0 aromatic carbocycles. The Kier molecular flexibility index (Phi) is 5.97. The second kappa shape index (κ2) is 7.08. The minimum absolute atomic E-state index is 0.0803. The van der Waals surface area contributed by atoms with E-state index in [1.54, 1.807) is 4.90 Å². The number of aliphatic imine (C=N–C) groups is 1. The number of hydrogen-bond donors (Lipinski definition) is 2. The van der Waals surface area contributed by atoms with E-state index in [9.17, 15) is 13.2 Å². The summed E-state index contributed by atoms with van der Waals surface area (Å²) in [7, 11) is -3.44. The van der Waals surface area contributed by atoms with Crippen molar-refractivity contribution in [3.8, 4) is 0 Å². The van der Waals surface area contributed by atoms with Crippen molar-refractivity contribution >= 4 is 22.0 Å². The predicted octanol–water partition coefficient (Wildman–Crippen LogP) is -0.0962. The fourth-order valence-electron chi connectivity index (χ4n) is 1.72. The number of carbonyl (C=O) groups is 1. The van der Waals surface area contributed by atoms with Gasteiger partial charge in [0.25, 0.3) is 0 Å². The van der Waals surface area contributed by atoms with Crippen molar-refractivity contribution in [2.24, 2.45) is 10.1 Å². The predicted molar refractivity (Wildman–Crippen MR) is 80.7 cm³/mol. The van der Waals surface area contributed by atoms with Crippen molar-refractivity contribution < 1.29 is 17.9 Å². The largest absolute Gasteiger partial charge is 0.444 e. The Morgan fingerprint density at radius 1 is 1.48 bits per heavy atom. The van der Waals surface area contributed by atoms with E-state index >= 15 is 0 Å². The van der Waals surface area contributed by atoms with Gasteiger partial charge in [-0.05, 0) is 27.2 Å². The summed E-state index contributed by atoms with van der Waals surface area (Å²) in [5.74, 6) is 0.574. The summed E-state index contributed by atoms with van der Waals surface area (Å²) >= 11 is 0. The summed E-state index contributed by atoms with van der Waals surface area (Å²) in [6, 6.07) is 0. The number of amidine groups is 1. The van der Waals surface area contributed by atoms with E-state index in [2.05, 4.69) is 10.3 Å². The van der Waals surface area contributed by atoms with Gasteiger partial charge in [-0.15, -0.1) is 0 Å². The quantitative estimate of drug-likeness (QED) is 0.702. The maximum atomic E-state index is 11.9. The highest BCUT2D eigenvalue weighted by atomic mass is 32.2. The van der Waals surface area contributed by atoms with E-state index in [1.165, 1.54) is 0 Å². The summed E-state index contributed by atoms with van der Waals surface area (Å²) in [4.78, 5) is 17.8.